The Bertz CT molecular complexity index is 1580. The Balaban J connectivity index is 1.47. The summed E-state index contributed by atoms with van der Waals surface area (Å²) < 4.78 is 8.25. The van der Waals surface area contributed by atoms with Gasteiger partial charge in [-0.2, -0.15) is 0 Å². The van der Waals surface area contributed by atoms with Gasteiger partial charge in [-0.05, 0) is 78.4 Å². The average molecular weight is 602 g/mol. The van der Waals surface area contributed by atoms with Crippen LogP contribution >= 0.6 is 15.9 Å². The van der Waals surface area contributed by atoms with Crippen molar-refractivity contribution in [1.82, 2.24) is 14.9 Å². The van der Waals surface area contributed by atoms with Gasteiger partial charge in [0.25, 0.3) is 11.5 Å². The fourth-order valence-electron chi connectivity index (χ4n) is 4.66. The molecule has 1 saturated carbocycles. The summed E-state index contributed by atoms with van der Waals surface area (Å²) in [5, 5.41) is 6.39. The van der Waals surface area contributed by atoms with Gasteiger partial charge in [-0.15, -0.1) is 0 Å². The molecule has 0 unspecified atom stereocenters. The number of benzene rings is 3. The highest BCUT2D eigenvalue weighted by molar-refractivity contribution is 9.10. The number of hydrogen-bond acceptors (Lipinski definition) is 5. The van der Waals surface area contributed by atoms with E-state index in [4.69, 9.17) is 4.74 Å². The maximum absolute atomic E-state index is 13.8. The average Bonchev–Trinajstić information content (AvgIpc) is 3.78. The van der Waals surface area contributed by atoms with Gasteiger partial charge in [0.05, 0.1) is 11.2 Å². The molecule has 7 nitrogen and oxygen atoms in total. The number of para-hydroxylation sites is 1. The lowest BCUT2D eigenvalue weighted by atomic mass is 9.93. The molecule has 3 aromatic carbocycles. The SMILES string of the molecule is CCc1ccc(C(=O)NC2CC2)cc1-n1cc(Br)nc(NC(C)(C)c2ccccc2OCc2ccccc2)c1=O. The smallest absolute Gasteiger partial charge is 0.297 e. The number of carbonyl (C=O) groups excluding carboxylic acids is 1. The maximum Gasteiger partial charge on any atom is 0.297 e. The third-order valence-electron chi connectivity index (χ3n) is 7.00. The minimum Gasteiger partial charge on any atom is -0.489 e. The molecule has 0 radical (unpaired) electrons. The van der Waals surface area contributed by atoms with Crippen molar-refractivity contribution >= 4 is 27.7 Å². The number of nitrogens with zero attached hydrogens (tertiary/aromatic N) is 2. The highest BCUT2D eigenvalue weighted by Crippen LogP contribution is 2.33. The molecule has 1 aromatic heterocycles. The summed E-state index contributed by atoms with van der Waals surface area (Å²) in [4.78, 5) is 31.1. The van der Waals surface area contributed by atoms with Crippen LogP contribution in [0.2, 0.25) is 0 Å². The number of hydrogen-bond donors (Lipinski definition) is 2. The first-order chi connectivity index (χ1) is 19.2. The number of aryl methyl sites for hydroxylation is 1. The Labute approximate surface area is 242 Å². The summed E-state index contributed by atoms with van der Waals surface area (Å²) in [5.74, 6) is 0.785. The van der Waals surface area contributed by atoms with E-state index in [1.54, 1.807) is 16.8 Å². The van der Waals surface area contributed by atoms with E-state index in [9.17, 15) is 9.59 Å². The monoisotopic (exact) mass is 600 g/mol. The van der Waals surface area contributed by atoms with Crippen LogP contribution in [0.1, 0.15) is 60.7 Å². The number of anilines is 1. The molecule has 1 heterocycles. The molecule has 0 saturated heterocycles. The van der Waals surface area contributed by atoms with Crippen LogP contribution in [0.25, 0.3) is 5.69 Å². The summed E-state index contributed by atoms with van der Waals surface area (Å²) in [6.45, 7) is 6.44. The molecule has 0 bridgehead atoms. The van der Waals surface area contributed by atoms with Crippen LogP contribution in [0.4, 0.5) is 5.82 Å². The van der Waals surface area contributed by atoms with Crippen LogP contribution in [0.3, 0.4) is 0 Å². The van der Waals surface area contributed by atoms with Crippen molar-refractivity contribution in [2.75, 3.05) is 5.32 Å². The second-order valence-corrected chi connectivity index (χ2v) is 11.4. The number of ether oxygens (including phenoxy) is 1. The predicted molar refractivity (Wildman–Crippen MR) is 161 cm³/mol. The van der Waals surface area contributed by atoms with Gasteiger partial charge >= 0.3 is 0 Å². The molecule has 40 heavy (non-hydrogen) atoms. The van der Waals surface area contributed by atoms with Gasteiger partial charge in [0, 0.05) is 23.4 Å². The maximum atomic E-state index is 13.8. The largest absolute Gasteiger partial charge is 0.489 e. The lowest BCUT2D eigenvalue weighted by Gasteiger charge is -2.29. The van der Waals surface area contributed by atoms with E-state index in [0.717, 1.165) is 35.3 Å². The second kappa shape index (κ2) is 11.7. The molecule has 1 aliphatic carbocycles. The van der Waals surface area contributed by atoms with E-state index in [-0.39, 0.29) is 23.3 Å². The highest BCUT2D eigenvalue weighted by atomic mass is 79.9. The Morgan fingerprint density at radius 2 is 1.80 bits per heavy atom. The molecular weight excluding hydrogens is 568 g/mol. The van der Waals surface area contributed by atoms with Gasteiger partial charge in [-0.1, -0.05) is 61.5 Å². The summed E-state index contributed by atoms with van der Waals surface area (Å²) in [6.07, 6.45) is 4.36. The molecule has 8 heteroatoms. The van der Waals surface area contributed by atoms with E-state index < -0.39 is 5.54 Å². The van der Waals surface area contributed by atoms with Crippen molar-refractivity contribution in [3.8, 4) is 11.4 Å². The molecule has 0 spiro atoms. The molecule has 0 atom stereocenters. The first kappa shape index (κ1) is 27.6. The number of halogens is 1. The molecule has 4 aromatic rings. The van der Waals surface area contributed by atoms with Gasteiger partial charge in [0.2, 0.25) is 0 Å². The molecule has 1 amide bonds. The second-order valence-electron chi connectivity index (χ2n) is 10.6. The fourth-order valence-corrected chi connectivity index (χ4v) is 5.04. The van der Waals surface area contributed by atoms with Crippen molar-refractivity contribution in [1.29, 1.82) is 0 Å². The number of nitrogens with one attached hydrogen (secondary N) is 2. The van der Waals surface area contributed by atoms with E-state index in [1.807, 2.05) is 87.5 Å². The number of amides is 1. The third kappa shape index (κ3) is 6.28. The van der Waals surface area contributed by atoms with Crippen LogP contribution in [-0.2, 0) is 18.6 Å². The minimum absolute atomic E-state index is 0.126. The Morgan fingerprint density at radius 3 is 2.52 bits per heavy atom. The molecule has 1 fully saturated rings. The topological polar surface area (TPSA) is 85.2 Å². The quantitative estimate of drug-likeness (QED) is 0.221. The highest BCUT2D eigenvalue weighted by Gasteiger charge is 2.27. The summed E-state index contributed by atoms with van der Waals surface area (Å²) in [5.41, 5.74) is 3.09. The van der Waals surface area contributed by atoms with Gasteiger partial charge in [0.1, 0.15) is 17.0 Å². The zero-order chi connectivity index (χ0) is 28.3. The van der Waals surface area contributed by atoms with Crippen LogP contribution in [0, 0.1) is 0 Å². The molecular formula is C32H33BrN4O3. The molecule has 1 aliphatic rings. The Hall–Kier alpha value is -3.91. The number of carbonyl (C=O) groups is 1. The van der Waals surface area contributed by atoms with Crippen molar-refractivity contribution in [2.45, 2.75) is 58.2 Å². The lowest BCUT2D eigenvalue weighted by Crippen LogP contribution is -2.34. The van der Waals surface area contributed by atoms with Crippen molar-refractivity contribution in [3.63, 3.8) is 0 Å². The summed E-state index contributed by atoms with van der Waals surface area (Å²) in [6, 6.07) is 23.6. The Morgan fingerprint density at radius 1 is 1.07 bits per heavy atom. The van der Waals surface area contributed by atoms with E-state index in [2.05, 4.69) is 31.5 Å². The molecule has 206 valence electrons. The van der Waals surface area contributed by atoms with Gasteiger partial charge in [-0.25, -0.2) is 4.98 Å². The van der Waals surface area contributed by atoms with Crippen LogP contribution in [0.15, 0.2) is 88.4 Å². The fraction of sp³-hybridized carbons (Fsp3) is 0.281. The van der Waals surface area contributed by atoms with Crippen LogP contribution in [0.5, 0.6) is 5.75 Å². The Kier molecular flexibility index (Phi) is 8.07. The zero-order valence-corrected chi connectivity index (χ0v) is 24.5. The van der Waals surface area contributed by atoms with Crippen molar-refractivity contribution < 1.29 is 9.53 Å². The normalized spacial score (nSPS) is 13.1. The number of aromatic nitrogens is 2. The summed E-state index contributed by atoms with van der Waals surface area (Å²) in [7, 11) is 0. The van der Waals surface area contributed by atoms with Gasteiger partial charge in [0.15, 0.2) is 5.82 Å². The first-order valence-corrected chi connectivity index (χ1v) is 14.3. The molecule has 5 rings (SSSR count). The number of rotatable bonds is 10. The van der Waals surface area contributed by atoms with Crippen molar-refractivity contribution in [3.05, 3.63) is 116 Å². The van der Waals surface area contributed by atoms with Gasteiger partial charge in [-0.3, -0.25) is 14.2 Å². The van der Waals surface area contributed by atoms with Crippen LogP contribution < -0.4 is 20.9 Å². The minimum atomic E-state index is -0.697. The van der Waals surface area contributed by atoms with Crippen molar-refractivity contribution in [2.24, 2.45) is 0 Å². The standard InChI is InChI=1S/C32H33BrN4O3/c1-4-22-14-15-23(30(38)34-24-16-17-24)18-26(22)37-19-28(33)35-29(31(37)39)36-32(2,3)25-12-8-9-13-27(25)40-20-21-10-6-5-7-11-21/h5-15,18-19,24H,4,16-17,20H2,1-3H3,(H,34,38)(H,35,36). The van der Waals surface area contributed by atoms with E-state index in [1.165, 1.54) is 0 Å². The zero-order valence-electron chi connectivity index (χ0n) is 22.9. The third-order valence-corrected chi connectivity index (χ3v) is 7.39. The predicted octanol–water partition coefficient (Wildman–Crippen LogP) is 6.38. The molecule has 2 N–H and O–H groups in total. The first-order valence-electron chi connectivity index (χ1n) is 13.5. The van der Waals surface area contributed by atoms with Crippen LogP contribution in [-0.4, -0.2) is 21.5 Å². The van der Waals surface area contributed by atoms with E-state index >= 15 is 0 Å². The lowest BCUT2D eigenvalue weighted by molar-refractivity contribution is 0.0951. The van der Waals surface area contributed by atoms with Gasteiger partial charge < -0.3 is 15.4 Å². The summed E-state index contributed by atoms with van der Waals surface area (Å²) >= 11 is 3.49. The van der Waals surface area contributed by atoms with E-state index in [0.29, 0.717) is 28.9 Å². The molecule has 0 aliphatic heterocycles.